The number of hydrogen-bond donors (Lipinski definition) is 1. The molecule has 1 aliphatic heterocycles. The molecule has 1 heterocycles. The minimum Gasteiger partial charge on any atom is -0.309 e. The van der Waals surface area contributed by atoms with E-state index in [2.05, 4.69) is 5.32 Å². The standard InChI is InChI=1S/C10H11F2NS/c1-2-13-9-5-14-10-4-8(12)7(11)3-6(9)10/h3-4,9,13H,2,5H2,1H3. The van der Waals surface area contributed by atoms with Gasteiger partial charge in [0.05, 0.1) is 0 Å². The molecule has 0 saturated heterocycles. The predicted molar refractivity (Wildman–Crippen MR) is 53.5 cm³/mol. The maximum atomic E-state index is 13.0. The summed E-state index contributed by atoms with van der Waals surface area (Å²) in [7, 11) is 0. The maximum Gasteiger partial charge on any atom is 0.159 e. The molecule has 0 bridgehead atoms. The normalized spacial score (nSPS) is 19.8. The Morgan fingerprint density at radius 2 is 2.14 bits per heavy atom. The van der Waals surface area contributed by atoms with Gasteiger partial charge in [0.2, 0.25) is 0 Å². The highest BCUT2D eigenvalue weighted by Crippen LogP contribution is 2.38. The minimum atomic E-state index is -0.756. The van der Waals surface area contributed by atoms with E-state index in [1.807, 2.05) is 6.92 Å². The van der Waals surface area contributed by atoms with Crippen molar-refractivity contribution in [1.82, 2.24) is 5.32 Å². The predicted octanol–water partition coefficient (Wildman–Crippen LogP) is 2.72. The number of nitrogens with one attached hydrogen (secondary N) is 1. The molecule has 14 heavy (non-hydrogen) atoms. The first-order chi connectivity index (χ1) is 6.72. The van der Waals surface area contributed by atoms with E-state index in [1.54, 1.807) is 11.8 Å². The van der Waals surface area contributed by atoms with Crippen LogP contribution < -0.4 is 5.32 Å². The van der Waals surface area contributed by atoms with Crippen LogP contribution in [0.3, 0.4) is 0 Å². The molecule has 0 fully saturated rings. The molecule has 1 aromatic rings. The lowest BCUT2D eigenvalue weighted by atomic mass is 10.1. The first-order valence-electron chi connectivity index (χ1n) is 4.57. The smallest absolute Gasteiger partial charge is 0.159 e. The molecule has 0 radical (unpaired) electrons. The average Bonchev–Trinajstić information content (AvgIpc) is 2.51. The van der Waals surface area contributed by atoms with E-state index in [0.29, 0.717) is 0 Å². The second-order valence-electron chi connectivity index (χ2n) is 3.23. The zero-order valence-electron chi connectivity index (χ0n) is 7.81. The second kappa shape index (κ2) is 3.87. The molecule has 2 rings (SSSR count). The van der Waals surface area contributed by atoms with E-state index in [-0.39, 0.29) is 6.04 Å². The molecule has 1 unspecified atom stereocenters. The van der Waals surface area contributed by atoms with Gasteiger partial charge in [0.1, 0.15) is 0 Å². The molecule has 0 aliphatic carbocycles. The zero-order chi connectivity index (χ0) is 10.1. The quantitative estimate of drug-likeness (QED) is 0.814. The van der Waals surface area contributed by atoms with Gasteiger partial charge in [-0.1, -0.05) is 6.92 Å². The molecule has 0 saturated carbocycles. The van der Waals surface area contributed by atoms with Gasteiger partial charge < -0.3 is 5.32 Å². The molecular formula is C10H11F2NS. The lowest BCUT2D eigenvalue weighted by Gasteiger charge is -2.10. The lowest BCUT2D eigenvalue weighted by molar-refractivity contribution is 0.499. The van der Waals surface area contributed by atoms with Crippen LogP contribution in [0.1, 0.15) is 18.5 Å². The monoisotopic (exact) mass is 215 g/mol. The average molecular weight is 215 g/mol. The van der Waals surface area contributed by atoms with Crippen molar-refractivity contribution in [3.05, 3.63) is 29.3 Å². The topological polar surface area (TPSA) is 12.0 Å². The number of benzene rings is 1. The van der Waals surface area contributed by atoms with E-state index < -0.39 is 11.6 Å². The third-order valence-corrected chi connectivity index (χ3v) is 3.45. The van der Waals surface area contributed by atoms with Gasteiger partial charge in [0.15, 0.2) is 11.6 Å². The summed E-state index contributed by atoms with van der Waals surface area (Å²) in [5, 5.41) is 3.24. The Kier molecular flexibility index (Phi) is 2.74. The van der Waals surface area contributed by atoms with E-state index in [0.717, 1.165) is 22.8 Å². The first kappa shape index (κ1) is 9.93. The molecule has 0 spiro atoms. The Morgan fingerprint density at radius 3 is 2.86 bits per heavy atom. The van der Waals surface area contributed by atoms with Gasteiger partial charge in [0.25, 0.3) is 0 Å². The van der Waals surface area contributed by atoms with Crippen LogP contribution >= 0.6 is 11.8 Å². The fourth-order valence-corrected chi connectivity index (χ4v) is 2.82. The minimum absolute atomic E-state index is 0.162. The van der Waals surface area contributed by atoms with Gasteiger partial charge >= 0.3 is 0 Å². The molecule has 1 aliphatic rings. The molecule has 1 N–H and O–H groups in total. The van der Waals surface area contributed by atoms with Gasteiger partial charge in [-0.2, -0.15) is 0 Å². The van der Waals surface area contributed by atoms with E-state index in [9.17, 15) is 8.78 Å². The lowest BCUT2D eigenvalue weighted by Crippen LogP contribution is -2.20. The van der Waals surface area contributed by atoms with Crippen molar-refractivity contribution in [1.29, 1.82) is 0 Å². The highest BCUT2D eigenvalue weighted by molar-refractivity contribution is 7.99. The van der Waals surface area contributed by atoms with Crippen LogP contribution in [0.15, 0.2) is 17.0 Å². The van der Waals surface area contributed by atoms with Gasteiger partial charge in [-0.15, -0.1) is 11.8 Å². The molecule has 0 amide bonds. The van der Waals surface area contributed by atoms with Crippen LogP contribution in [-0.4, -0.2) is 12.3 Å². The fourth-order valence-electron chi connectivity index (χ4n) is 1.62. The van der Waals surface area contributed by atoms with Crippen molar-refractivity contribution >= 4 is 11.8 Å². The van der Waals surface area contributed by atoms with Crippen molar-refractivity contribution in [2.24, 2.45) is 0 Å². The van der Waals surface area contributed by atoms with Crippen LogP contribution in [0.4, 0.5) is 8.78 Å². The summed E-state index contributed by atoms with van der Waals surface area (Å²) in [6.45, 7) is 2.84. The van der Waals surface area contributed by atoms with Gasteiger partial charge in [0, 0.05) is 16.7 Å². The highest BCUT2D eigenvalue weighted by atomic mass is 32.2. The summed E-state index contributed by atoms with van der Waals surface area (Å²) in [5.41, 5.74) is 0.885. The molecular weight excluding hydrogens is 204 g/mol. The van der Waals surface area contributed by atoms with E-state index in [1.165, 1.54) is 12.1 Å². The Hall–Kier alpha value is -0.610. The fraction of sp³-hybridized carbons (Fsp3) is 0.400. The summed E-state index contributed by atoms with van der Waals surface area (Å²) >= 11 is 1.57. The largest absolute Gasteiger partial charge is 0.309 e. The van der Waals surface area contributed by atoms with Crippen LogP contribution in [0.25, 0.3) is 0 Å². The number of thioether (sulfide) groups is 1. The highest BCUT2D eigenvalue weighted by Gasteiger charge is 2.24. The number of halogens is 2. The Bertz CT molecular complexity index is 354. The zero-order valence-corrected chi connectivity index (χ0v) is 8.63. The van der Waals surface area contributed by atoms with Gasteiger partial charge in [-0.05, 0) is 24.2 Å². The SMILES string of the molecule is CCNC1CSc2cc(F)c(F)cc21. The van der Waals surface area contributed by atoms with Crippen molar-refractivity contribution < 1.29 is 8.78 Å². The number of fused-ring (bicyclic) bond motifs is 1. The van der Waals surface area contributed by atoms with Crippen molar-refractivity contribution in [3.8, 4) is 0 Å². The first-order valence-corrected chi connectivity index (χ1v) is 5.56. The molecule has 4 heteroatoms. The van der Waals surface area contributed by atoms with E-state index in [4.69, 9.17) is 0 Å². The van der Waals surface area contributed by atoms with E-state index >= 15 is 0 Å². The Morgan fingerprint density at radius 1 is 1.43 bits per heavy atom. The number of hydrogen-bond acceptors (Lipinski definition) is 2. The summed E-state index contributed by atoms with van der Waals surface area (Å²) < 4.78 is 25.9. The Labute approximate surface area is 85.9 Å². The molecule has 0 aromatic heterocycles. The van der Waals surface area contributed by atoms with Crippen LogP contribution in [0.2, 0.25) is 0 Å². The summed E-state index contributed by atoms with van der Waals surface area (Å²) in [6, 6.07) is 2.75. The van der Waals surface area contributed by atoms with Crippen LogP contribution in [0.5, 0.6) is 0 Å². The summed E-state index contributed by atoms with van der Waals surface area (Å²) in [4.78, 5) is 0.856. The number of rotatable bonds is 2. The Balaban J connectivity index is 2.35. The molecule has 1 nitrogen and oxygen atoms in total. The van der Waals surface area contributed by atoms with Crippen LogP contribution in [0, 0.1) is 11.6 Å². The van der Waals surface area contributed by atoms with Crippen molar-refractivity contribution in [2.45, 2.75) is 17.9 Å². The summed E-state index contributed by atoms with van der Waals surface area (Å²) in [5.74, 6) is -0.658. The second-order valence-corrected chi connectivity index (χ2v) is 4.29. The maximum absolute atomic E-state index is 13.0. The van der Waals surface area contributed by atoms with Crippen molar-refractivity contribution in [3.63, 3.8) is 0 Å². The van der Waals surface area contributed by atoms with Crippen molar-refractivity contribution in [2.75, 3.05) is 12.3 Å². The van der Waals surface area contributed by atoms with Gasteiger partial charge in [-0.3, -0.25) is 0 Å². The molecule has 76 valence electrons. The third-order valence-electron chi connectivity index (χ3n) is 2.28. The van der Waals surface area contributed by atoms with Crippen LogP contribution in [-0.2, 0) is 0 Å². The molecule has 1 aromatic carbocycles. The molecule has 1 atom stereocenters. The third kappa shape index (κ3) is 1.64. The summed E-state index contributed by atoms with van der Waals surface area (Å²) in [6.07, 6.45) is 0. The van der Waals surface area contributed by atoms with Gasteiger partial charge in [-0.25, -0.2) is 8.78 Å².